The topological polar surface area (TPSA) is 53.6 Å². The van der Waals surface area contributed by atoms with E-state index < -0.39 is 0 Å². The van der Waals surface area contributed by atoms with E-state index in [9.17, 15) is 5.11 Å². The lowest BCUT2D eigenvalue weighted by Crippen LogP contribution is -1.81. The standard InChI is InChI=1S/C10H10O3/c1-6-2-8-9(12)3-7(5-11)4-10(8)13-6/h2-4,11-12H,5H2,1H3. The molecule has 3 heteroatoms. The number of hydrogen-bond acceptors (Lipinski definition) is 3. The van der Waals surface area contributed by atoms with Crippen LogP contribution in [0.5, 0.6) is 5.75 Å². The number of benzene rings is 1. The molecule has 0 bridgehead atoms. The summed E-state index contributed by atoms with van der Waals surface area (Å²) in [4.78, 5) is 0. The van der Waals surface area contributed by atoms with Gasteiger partial charge in [0, 0.05) is 0 Å². The van der Waals surface area contributed by atoms with E-state index in [-0.39, 0.29) is 12.4 Å². The second-order valence-corrected chi connectivity index (χ2v) is 3.04. The number of furan rings is 1. The summed E-state index contributed by atoms with van der Waals surface area (Å²) in [6, 6.07) is 5.03. The molecular weight excluding hydrogens is 168 g/mol. The van der Waals surface area contributed by atoms with Crippen LogP contribution in [0, 0.1) is 6.92 Å². The van der Waals surface area contributed by atoms with Gasteiger partial charge in [-0.05, 0) is 30.7 Å². The van der Waals surface area contributed by atoms with Crippen molar-refractivity contribution in [3.05, 3.63) is 29.5 Å². The Bertz CT molecular complexity index is 443. The normalized spacial score (nSPS) is 10.9. The van der Waals surface area contributed by atoms with E-state index in [1.165, 1.54) is 6.07 Å². The lowest BCUT2D eigenvalue weighted by molar-refractivity contribution is 0.281. The van der Waals surface area contributed by atoms with Gasteiger partial charge in [-0.1, -0.05) is 0 Å². The fraction of sp³-hybridized carbons (Fsp3) is 0.200. The van der Waals surface area contributed by atoms with Crippen LogP contribution >= 0.6 is 0 Å². The van der Waals surface area contributed by atoms with E-state index >= 15 is 0 Å². The zero-order chi connectivity index (χ0) is 9.42. The Kier molecular flexibility index (Phi) is 1.74. The molecule has 2 N–H and O–H groups in total. The van der Waals surface area contributed by atoms with Gasteiger partial charge in [0.25, 0.3) is 0 Å². The van der Waals surface area contributed by atoms with Gasteiger partial charge < -0.3 is 14.6 Å². The number of phenolic OH excluding ortho intramolecular Hbond substituents is 1. The van der Waals surface area contributed by atoms with Gasteiger partial charge in [-0.2, -0.15) is 0 Å². The first-order valence-electron chi connectivity index (χ1n) is 4.03. The fourth-order valence-electron chi connectivity index (χ4n) is 1.39. The second kappa shape index (κ2) is 2.78. The first-order valence-corrected chi connectivity index (χ1v) is 4.03. The van der Waals surface area contributed by atoms with Crippen molar-refractivity contribution in [3.8, 4) is 5.75 Å². The van der Waals surface area contributed by atoms with Crippen LogP contribution in [0.2, 0.25) is 0 Å². The number of aryl methyl sites for hydroxylation is 1. The van der Waals surface area contributed by atoms with Gasteiger partial charge in [0.15, 0.2) is 0 Å². The highest BCUT2D eigenvalue weighted by atomic mass is 16.3. The molecule has 0 amide bonds. The molecule has 0 spiro atoms. The maximum absolute atomic E-state index is 9.53. The lowest BCUT2D eigenvalue weighted by Gasteiger charge is -1.97. The quantitative estimate of drug-likeness (QED) is 0.701. The van der Waals surface area contributed by atoms with Crippen molar-refractivity contribution in [3.63, 3.8) is 0 Å². The highest BCUT2D eigenvalue weighted by Crippen LogP contribution is 2.29. The van der Waals surface area contributed by atoms with Gasteiger partial charge in [0.2, 0.25) is 0 Å². The van der Waals surface area contributed by atoms with Crippen LogP contribution < -0.4 is 0 Å². The molecule has 0 radical (unpaired) electrons. The van der Waals surface area contributed by atoms with Crippen LogP contribution in [-0.4, -0.2) is 10.2 Å². The minimum Gasteiger partial charge on any atom is -0.507 e. The number of aliphatic hydroxyl groups excluding tert-OH is 1. The Morgan fingerprint density at radius 1 is 1.31 bits per heavy atom. The number of aliphatic hydroxyl groups is 1. The first-order chi connectivity index (χ1) is 6.20. The van der Waals surface area contributed by atoms with E-state index in [4.69, 9.17) is 9.52 Å². The predicted molar refractivity (Wildman–Crippen MR) is 48.5 cm³/mol. The Balaban J connectivity index is 2.75. The summed E-state index contributed by atoms with van der Waals surface area (Å²) in [6.45, 7) is 1.72. The molecule has 1 heterocycles. The van der Waals surface area contributed by atoms with Crippen LogP contribution in [0.3, 0.4) is 0 Å². The van der Waals surface area contributed by atoms with E-state index in [0.717, 1.165) is 5.76 Å². The number of rotatable bonds is 1. The maximum atomic E-state index is 9.53. The van der Waals surface area contributed by atoms with Crippen molar-refractivity contribution in [2.45, 2.75) is 13.5 Å². The molecule has 2 rings (SSSR count). The fourth-order valence-corrected chi connectivity index (χ4v) is 1.39. The summed E-state index contributed by atoms with van der Waals surface area (Å²) < 4.78 is 5.32. The summed E-state index contributed by atoms with van der Waals surface area (Å²) in [5, 5.41) is 19.1. The molecule has 1 aromatic heterocycles. The molecule has 0 unspecified atom stereocenters. The first kappa shape index (κ1) is 8.13. The summed E-state index contributed by atoms with van der Waals surface area (Å²) in [5.41, 5.74) is 1.26. The monoisotopic (exact) mass is 178 g/mol. The molecule has 2 aromatic rings. The van der Waals surface area contributed by atoms with Crippen molar-refractivity contribution in [1.29, 1.82) is 0 Å². The van der Waals surface area contributed by atoms with Crippen molar-refractivity contribution >= 4 is 11.0 Å². The largest absolute Gasteiger partial charge is 0.507 e. The average Bonchev–Trinajstić information content (AvgIpc) is 2.46. The van der Waals surface area contributed by atoms with Gasteiger partial charge in [-0.3, -0.25) is 0 Å². The summed E-state index contributed by atoms with van der Waals surface area (Å²) in [5.74, 6) is 0.902. The number of hydrogen-bond donors (Lipinski definition) is 2. The third-order valence-electron chi connectivity index (χ3n) is 1.98. The third kappa shape index (κ3) is 1.27. The molecule has 13 heavy (non-hydrogen) atoms. The molecule has 0 aliphatic rings. The third-order valence-corrected chi connectivity index (χ3v) is 1.98. The minimum atomic E-state index is -0.0940. The van der Waals surface area contributed by atoms with E-state index in [0.29, 0.717) is 16.5 Å². The average molecular weight is 178 g/mol. The van der Waals surface area contributed by atoms with Gasteiger partial charge >= 0.3 is 0 Å². The maximum Gasteiger partial charge on any atom is 0.138 e. The zero-order valence-corrected chi connectivity index (χ0v) is 7.24. The van der Waals surface area contributed by atoms with Gasteiger partial charge in [-0.15, -0.1) is 0 Å². The van der Waals surface area contributed by atoms with Crippen LogP contribution in [0.25, 0.3) is 11.0 Å². The molecule has 68 valence electrons. The highest BCUT2D eigenvalue weighted by Gasteiger charge is 2.06. The molecule has 0 saturated heterocycles. The molecule has 0 atom stereocenters. The predicted octanol–water partition coefficient (Wildman–Crippen LogP) is 1.94. The van der Waals surface area contributed by atoms with Crippen molar-refractivity contribution in [1.82, 2.24) is 0 Å². The molecule has 0 saturated carbocycles. The lowest BCUT2D eigenvalue weighted by atomic mass is 10.1. The van der Waals surface area contributed by atoms with Crippen LogP contribution in [0.15, 0.2) is 22.6 Å². The smallest absolute Gasteiger partial charge is 0.138 e. The van der Waals surface area contributed by atoms with Crippen LogP contribution in [-0.2, 0) is 6.61 Å². The van der Waals surface area contributed by atoms with Crippen LogP contribution in [0.4, 0.5) is 0 Å². The SMILES string of the molecule is Cc1cc2c(O)cc(CO)cc2o1. The van der Waals surface area contributed by atoms with Gasteiger partial charge in [-0.25, -0.2) is 0 Å². The zero-order valence-electron chi connectivity index (χ0n) is 7.24. The number of fused-ring (bicyclic) bond motifs is 1. The highest BCUT2D eigenvalue weighted by molar-refractivity contribution is 5.85. The summed E-state index contributed by atoms with van der Waals surface area (Å²) in [7, 11) is 0. The summed E-state index contributed by atoms with van der Waals surface area (Å²) in [6.07, 6.45) is 0. The minimum absolute atomic E-state index is 0.0940. The van der Waals surface area contributed by atoms with Gasteiger partial charge in [0.1, 0.15) is 17.1 Å². The number of aromatic hydroxyl groups is 1. The molecule has 0 aliphatic heterocycles. The molecule has 0 aliphatic carbocycles. The van der Waals surface area contributed by atoms with E-state index in [1.54, 1.807) is 12.1 Å². The summed E-state index contributed by atoms with van der Waals surface area (Å²) >= 11 is 0. The molecule has 3 nitrogen and oxygen atoms in total. The van der Waals surface area contributed by atoms with E-state index in [1.807, 2.05) is 6.92 Å². The number of phenols is 1. The Hall–Kier alpha value is -1.48. The Morgan fingerprint density at radius 2 is 2.08 bits per heavy atom. The molecular formula is C10H10O3. The van der Waals surface area contributed by atoms with Gasteiger partial charge in [0.05, 0.1) is 12.0 Å². The Labute approximate surface area is 75.2 Å². The van der Waals surface area contributed by atoms with Crippen molar-refractivity contribution in [2.24, 2.45) is 0 Å². The second-order valence-electron chi connectivity index (χ2n) is 3.04. The Morgan fingerprint density at radius 3 is 2.77 bits per heavy atom. The van der Waals surface area contributed by atoms with Crippen LogP contribution in [0.1, 0.15) is 11.3 Å². The van der Waals surface area contributed by atoms with E-state index in [2.05, 4.69) is 0 Å². The molecule has 1 aromatic carbocycles. The van der Waals surface area contributed by atoms with Crippen molar-refractivity contribution in [2.75, 3.05) is 0 Å². The van der Waals surface area contributed by atoms with Crippen molar-refractivity contribution < 1.29 is 14.6 Å². The molecule has 0 fully saturated rings.